The number of halogens is 1. The molecule has 1 heteroatoms. The van der Waals surface area contributed by atoms with Crippen LogP contribution in [0.2, 0.25) is 0 Å². The fourth-order valence-corrected chi connectivity index (χ4v) is 2.01. The first-order valence-electron chi connectivity index (χ1n) is 5.13. The van der Waals surface area contributed by atoms with Gasteiger partial charge in [-0.1, -0.05) is 12.2 Å². The van der Waals surface area contributed by atoms with Gasteiger partial charge >= 0.3 is 0 Å². The standard InChI is InChI=1S/C12H15F/c13-12-9-5-4-8-11(12)10-6-2-1-3-7-10/h6,8-9H,1-5,7H2. The minimum atomic E-state index is -0.000556. The van der Waals surface area contributed by atoms with Crippen molar-refractivity contribution in [1.29, 1.82) is 0 Å². The van der Waals surface area contributed by atoms with Crippen LogP contribution in [0.5, 0.6) is 0 Å². The molecule has 0 N–H and O–H groups in total. The SMILES string of the molecule is FC1=CCCC=C1C1=CCCCC1. The second-order valence-electron chi connectivity index (χ2n) is 3.72. The molecule has 0 nitrogen and oxygen atoms in total. The van der Waals surface area contributed by atoms with Crippen LogP contribution in [0.1, 0.15) is 38.5 Å². The molecule has 2 aliphatic carbocycles. The van der Waals surface area contributed by atoms with Crippen LogP contribution < -0.4 is 0 Å². The average Bonchev–Trinajstić information content (AvgIpc) is 2.20. The van der Waals surface area contributed by atoms with Crippen LogP contribution in [0.25, 0.3) is 0 Å². The molecule has 0 bridgehead atoms. The Morgan fingerprint density at radius 3 is 2.46 bits per heavy atom. The number of allylic oxidation sites excluding steroid dienone is 6. The smallest absolute Gasteiger partial charge is 0.126 e. The first-order valence-corrected chi connectivity index (χ1v) is 5.13. The lowest BCUT2D eigenvalue weighted by atomic mass is 9.90. The zero-order valence-electron chi connectivity index (χ0n) is 7.85. The van der Waals surface area contributed by atoms with Crippen molar-refractivity contribution in [3.63, 3.8) is 0 Å². The summed E-state index contributed by atoms with van der Waals surface area (Å²) in [5, 5.41) is 0. The lowest BCUT2D eigenvalue weighted by Crippen LogP contribution is -1.99. The molecule has 0 radical (unpaired) electrons. The molecule has 13 heavy (non-hydrogen) atoms. The van der Waals surface area contributed by atoms with Crippen LogP contribution in [0.3, 0.4) is 0 Å². The van der Waals surface area contributed by atoms with Crippen LogP contribution in [0, 0.1) is 0 Å². The first kappa shape index (κ1) is 8.74. The van der Waals surface area contributed by atoms with Gasteiger partial charge in [0.05, 0.1) is 0 Å². The van der Waals surface area contributed by atoms with E-state index in [1.54, 1.807) is 6.08 Å². The van der Waals surface area contributed by atoms with E-state index < -0.39 is 0 Å². The Kier molecular flexibility index (Phi) is 2.62. The molecule has 0 heterocycles. The summed E-state index contributed by atoms with van der Waals surface area (Å²) in [5.74, 6) is -0.000556. The molecular formula is C12H15F. The molecule has 70 valence electrons. The van der Waals surface area contributed by atoms with Gasteiger partial charge in [-0.2, -0.15) is 0 Å². The van der Waals surface area contributed by atoms with Crippen molar-refractivity contribution in [2.24, 2.45) is 0 Å². The Hall–Kier alpha value is -0.850. The van der Waals surface area contributed by atoms with Gasteiger partial charge < -0.3 is 0 Å². The molecule has 0 atom stereocenters. The molecule has 0 saturated heterocycles. The van der Waals surface area contributed by atoms with Crippen molar-refractivity contribution < 1.29 is 4.39 Å². The molecule has 0 aromatic heterocycles. The van der Waals surface area contributed by atoms with Gasteiger partial charge in [0, 0.05) is 5.57 Å². The summed E-state index contributed by atoms with van der Waals surface area (Å²) < 4.78 is 13.4. The van der Waals surface area contributed by atoms with Crippen LogP contribution in [0.15, 0.2) is 35.2 Å². The third-order valence-electron chi connectivity index (χ3n) is 2.73. The minimum absolute atomic E-state index is 0.000556. The monoisotopic (exact) mass is 178 g/mol. The molecule has 0 aliphatic heterocycles. The van der Waals surface area contributed by atoms with Gasteiger partial charge in [-0.25, -0.2) is 4.39 Å². The zero-order valence-corrected chi connectivity index (χ0v) is 7.85. The highest BCUT2D eigenvalue weighted by molar-refractivity contribution is 5.45. The Morgan fingerprint density at radius 1 is 0.923 bits per heavy atom. The van der Waals surface area contributed by atoms with Gasteiger partial charge in [-0.3, -0.25) is 0 Å². The Labute approximate surface area is 78.8 Å². The number of hydrogen-bond acceptors (Lipinski definition) is 0. The molecule has 0 saturated carbocycles. The fourth-order valence-electron chi connectivity index (χ4n) is 2.01. The predicted molar refractivity (Wildman–Crippen MR) is 53.1 cm³/mol. The molecule has 0 amide bonds. The van der Waals surface area contributed by atoms with Crippen LogP contribution in [-0.2, 0) is 0 Å². The lowest BCUT2D eigenvalue weighted by molar-refractivity contribution is 0.625. The summed E-state index contributed by atoms with van der Waals surface area (Å²) in [5.41, 5.74) is 2.12. The van der Waals surface area contributed by atoms with Crippen molar-refractivity contribution in [3.8, 4) is 0 Å². The first-order chi connectivity index (χ1) is 6.38. The van der Waals surface area contributed by atoms with Crippen molar-refractivity contribution in [3.05, 3.63) is 35.2 Å². The van der Waals surface area contributed by atoms with E-state index in [4.69, 9.17) is 0 Å². The summed E-state index contributed by atoms with van der Waals surface area (Å²) in [6.07, 6.45) is 12.5. The van der Waals surface area contributed by atoms with E-state index in [-0.39, 0.29) is 5.83 Å². The molecule has 0 aromatic carbocycles. The molecular weight excluding hydrogens is 163 g/mol. The number of rotatable bonds is 1. The average molecular weight is 178 g/mol. The second kappa shape index (κ2) is 3.91. The topological polar surface area (TPSA) is 0 Å². The quantitative estimate of drug-likeness (QED) is 0.568. The Bertz CT molecular complexity index is 281. The molecule has 0 aromatic rings. The fraction of sp³-hybridized carbons (Fsp3) is 0.500. The van der Waals surface area contributed by atoms with Crippen LogP contribution >= 0.6 is 0 Å². The van der Waals surface area contributed by atoms with E-state index in [2.05, 4.69) is 6.08 Å². The van der Waals surface area contributed by atoms with Gasteiger partial charge in [-0.15, -0.1) is 0 Å². The summed E-state index contributed by atoms with van der Waals surface area (Å²) >= 11 is 0. The van der Waals surface area contributed by atoms with Gasteiger partial charge in [0.1, 0.15) is 5.83 Å². The maximum absolute atomic E-state index is 13.4. The molecule has 0 unspecified atom stereocenters. The van der Waals surface area contributed by atoms with Crippen molar-refractivity contribution >= 4 is 0 Å². The summed E-state index contributed by atoms with van der Waals surface area (Å²) in [7, 11) is 0. The largest absolute Gasteiger partial charge is 0.207 e. The second-order valence-corrected chi connectivity index (χ2v) is 3.72. The van der Waals surface area contributed by atoms with E-state index in [0.29, 0.717) is 0 Å². The van der Waals surface area contributed by atoms with Crippen molar-refractivity contribution in [2.45, 2.75) is 38.5 Å². The summed E-state index contributed by atoms with van der Waals surface area (Å²) in [6.45, 7) is 0. The van der Waals surface area contributed by atoms with E-state index in [0.717, 1.165) is 31.3 Å². The Balaban J connectivity index is 2.19. The normalized spacial score (nSPS) is 23.3. The minimum Gasteiger partial charge on any atom is -0.207 e. The highest BCUT2D eigenvalue weighted by Crippen LogP contribution is 2.31. The molecule has 2 rings (SSSR count). The zero-order chi connectivity index (χ0) is 9.10. The van der Waals surface area contributed by atoms with E-state index in [1.165, 1.54) is 18.4 Å². The Morgan fingerprint density at radius 2 is 1.77 bits per heavy atom. The van der Waals surface area contributed by atoms with Crippen molar-refractivity contribution in [2.75, 3.05) is 0 Å². The third kappa shape index (κ3) is 1.90. The van der Waals surface area contributed by atoms with Gasteiger partial charge in [-0.05, 0) is 50.2 Å². The lowest BCUT2D eigenvalue weighted by Gasteiger charge is -2.17. The highest BCUT2D eigenvalue weighted by atomic mass is 19.1. The maximum Gasteiger partial charge on any atom is 0.126 e. The van der Waals surface area contributed by atoms with E-state index in [9.17, 15) is 4.39 Å². The summed E-state index contributed by atoms with van der Waals surface area (Å²) in [4.78, 5) is 0. The van der Waals surface area contributed by atoms with Crippen LogP contribution in [-0.4, -0.2) is 0 Å². The van der Waals surface area contributed by atoms with E-state index in [1.807, 2.05) is 6.08 Å². The van der Waals surface area contributed by atoms with Crippen molar-refractivity contribution in [1.82, 2.24) is 0 Å². The molecule has 0 fully saturated rings. The third-order valence-corrected chi connectivity index (χ3v) is 2.73. The van der Waals surface area contributed by atoms with Gasteiger partial charge in [0.15, 0.2) is 0 Å². The molecule has 0 spiro atoms. The molecule has 2 aliphatic rings. The maximum atomic E-state index is 13.4. The van der Waals surface area contributed by atoms with E-state index >= 15 is 0 Å². The van der Waals surface area contributed by atoms with Gasteiger partial charge in [0.25, 0.3) is 0 Å². The summed E-state index contributed by atoms with van der Waals surface area (Å²) in [6, 6.07) is 0. The highest BCUT2D eigenvalue weighted by Gasteiger charge is 2.14. The van der Waals surface area contributed by atoms with Gasteiger partial charge in [0.2, 0.25) is 0 Å². The predicted octanol–water partition coefficient (Wildman–Crippen LogP) is 4.06. The van der Waals surface area contributed by atoms with Crippen LogP contribution in [0.4, 0.5) is 4.39 Å². The number of hydrogen-bond donors (Lipinski definition) is 0.